The zero-order chi connectivity index (χ0) is 29.5. The Balaban J connectivity index is 1.43. The van der Waals surface area contributed by atoms with E-state index in [1.165, 1.54) is 11.8 Å². The molecular weight excluding hydrogens is 560 g/mol. The van der Waals surface area contributed by atoms with Crippen LogP contribution in [0.15, 0.2) is 42.9 Å². The molecule has 1 N–H and O–H groups in total. The van der Waals surface area contributed by atoms with Crippen molar-refractivity contribution in [2.75, 3.05) is 28.8 Å². The van der Waals surface area contributed by atoms with E-state index in [4.69, 9.17) is 21.8 Å². The quantitative estimate of drug-likeness (QED) is 0.270. The first kappa shape index (κ1) is 28.8. The van der Waals surface area contributed by atoms with E-state index in [2.05, 4.69) is 64.3 Å². The van der Waals surface area contributed by atoms with Crippen LogP contribution < -0.4 is 10.2 Å². The summed E-state index contributed by atoms with van der Waals surface area (Å²) in [5.74, 6) is 2.00. The van der Waals surface area contributed by atoms with E-state index < -0.39 is 9.84 Å². The molecule has 4 heterocycles. The molecule has 4 aromatic rings. The summed E-state index contributed by atoms with van der Waals surface area (Å²) in [6.07, 6.45) is 6.56. The van der Waals surface area contributed by atoms with Crippen molar-refractivity contribution < 1.29 is 8.42 Å². The van der Waals surface area contributed by atoms with Crippen LogP contribution in [0.25, 0.3) is 22.2 Å². The van der Waals surface area contributed by atoms with Gasteiger partial charge in [-0.15, -0.1) is 0 Å². The van der Waals surface area contributed by atoms with Gasteiger partial charge in [-0.25, -0.2) is 23.4 Å². The van der Waals surface area contributed by atoms with Crippen LogP contribution in [0.1, 0.15) is 39.2 Å². The summed E-state index contributed by atoms with van der Waals surface area (Å²) in [5.41, 5.74) is 2.84. The fourth-order valence-electron chi connectivity index (χ4n) is 5.31. The Labute approximate surface area is 245 Å². The molecule has 3 atom stereocenters. The van der Waals surface area contributed by atoms with Gasteiger partial charge in [0.05, 0.1) is 29.8 Å². The van der Waals surface area contributed by atoms with Gasteiger partial charge in [-0.2, -0.15) is 10.4 Å². The number of rotatable bonds is 9. The van der Waals surface area contributed by atoms with Gasteiger partial charge in [0, 0.05) is 54.4 Å². The Bertz CT molecular complexity index is 1750. The van der Waals surface area contributed by atoms with E-state index in [9.17, 15) is 8.42 Å². The normalized spacial score (nSPS) is 17.9. The van der Waals surface area contributed by atoms with Crippen molar-refractivity contribution in [3.63, 3.8) is 0 Å². The first-order valence-electron chi connectivity index (χ1n) is 13.5. The van der Waals surface area contributed by atoms with Crippen LogP contribution in [-0.2, 0) is 16.4 Å². The standard InChI is InChI=1S/C29H33ClN8O2S/c1-17(2)21-6-7-25(38-14-20(19(38)4)16-41(5,39)40)23-12-33-27(10-22(21)23)34-26-8-9-32-29(35-26)24-15-37(36-28(24)30)13-18(3)11-31/h6-10,12,15,17-20H,13-14,16H2,1-5H3,(H,32,33,34,35)/t18-,19-,20-/m1/s1. The SMILES string of the molecule is CC(C)c1ccc(N2C[C@H](CS(C)(=O)=O)[C@H]2C)c2cnc(Nc3ccnc(-c4cn(C[C@H](C)C#N)nc4Cl)n3)cc12. The molecule has 0 aliphatic carbocycles. The number of pyridine rings is 1. The van der Waals surface area contributed by atoms with Crippen molar-refractivity contribution in [1.29, 1.82) is 5.26 Å². The van der Waals surface area contributed by atoms with Crippen molar-refractivity contribution in [3.05, 3.63) is 53.6 Å². The number of nitrogens with zero attached hydrogens (tertiary/aromatic N) is 7. The maximum absolute atomic E-state index is 11.8. The smallest absolute Gasteiger partial charge is 0.166 e. The van der Waals surface area contributed by atoms with Crippen LogP contribution >= 0.6 is 11.6 Å². The number of hydrogen-bond acceptors (Lipinski definition) is 9. The van der Waals surface area contributed by atoms with E-state index in [-0.39, 0.29) is 28.8 Å². The summed E-state index contributed by atoms with van der Waals surface area (Å²) in [7, 11) is -3.03. The highest BCUT2D eigenvalue weighted by atomic mass is 35.5. The molecule has 0 unspecified atom stereocenters. The maximum atomic E-state index is 11.8. The van der Waals surface area contributed by atoms with Crippen molar-refractivity contribution >= 4 is 49.5 Å². The number of fused-ring (bicyclic) bond motifs is 1. The first-order chi connectivity index (χ1) is 19.4. The topological polar surface area (TPSA) is 130 Å². The molecule has 41 heavy (non-hydrogen) atoms. The van der Waals surface area contributed by atoms with Gasteiger partial charge in [-0.1, -0.05) is 31.5 Å². The molecule has 12 heteroatoms. The van der Waals surface area contributed by atoms with E-state index in [0.29, 0.717) is 42.0 Å². The van der Waals surface area contributed by atoms with Crippen LogP contribution in [0.5, 0.6) is 0 Å². The van der Waals surface area contributed by atoms with Crippen molar-refractivity contribution in [3.8, 4) is 17.5 Å². The van der Waals surface area contributed by atoms with Gasteiger partial charge in [0.25, 0.3) is 0 Å². The molecule has 5 rings (SSSR count). The summed E-state index contributed by atoms with van der Waals surface area (Å²) < 4.78 is 25.3. The van der Waals surface area contributed by atoms with Crippen molar-refractivity contribution in [1.82, 2.24) is 24.7 Å². The van der Waals surface area contributed by atoms with Gasteiger partial charge in [-0.05, 0) is 48.9 Å². The molecule has 0 spiro atoms. The summed E-state index contributed by atoms with van der Waals surface area (Å²) in [6.45, 7) is 9.34. The molecule has 1 aliphatic heterocycles. The zero-order valence-electron chi connectivity index (χ0n) is 23.7. The third-order valence-corrected chi connectivity index (χ3v) is 8.83. The Morgan fingerprint density at radius 1 is 1.17 bits per heavy atom. The number of sulfone groups is 1. The van der Waals surface area contributed by atoms with E-state index in [1.54, 1.807) is 23.1 Å². The van der Waals surface area contributed by atoms with Gasteiger partial charge < -0.3 is 10.2 Å². The number of nitrogens with one attached hydrogen (secondary N) is 1. The lowest BCUT2D eigenvalue weighted by Crippen LogP contribution is -2.57. The summed E-state index contributed by atoms with van der Waals surface area (Å²) in [5, 5.41) is 19.1. The summed E-state index contributed by atoms with van der Waals surface area (Å²) in [6, 6.07) is 10.4. The van der Waals surface area contributed by atoms with Crippen LogP contribution in [0.3, 0.4) is 0 Å². The Morgan fingerprint density at radius 3 is 2.63 bits per heavy atom. The highest BCUT2D eigenvalue weighted by Gasteiger charge is 2.38. The Kier molecular flexibility index (Phi) is 7.90. The second-order valence-corrected chi connectivity index (χ2v) is 13.7. The molecule has 214 valence electrons. The van der Waals surface area contributed by atoms with Crippen molar-refractivity contribution in [2.24, 2.45) is 11.8 Å². The van der Waals surface area contributed by atoms with Gasteiger partial charge in [0.15, 0.2) is 11.0 Å². The highest BCUT2D eigenvalue weighted by molar-refractivity contribution is 7.90. The van der Waals surface area contributed by atoms with Gasteiger partial charge >= 0.3 is 0 Å². The molecule has 10 nitrogen and oxygen atoms in total. The third kappa shape index (κ3) is 6.14. The van der Waals surface area contributed by atoms with Gasteiger partial charge in [-0.3, -0.25) is 4.68 Å². The van der Waals surface area contributed by atoms with Gasteiger partial charge in [0.2, 0.25) is 0 Å². The number of nitriles is 1. The average Bonchev–Trinajstić information content (AvgIpc) is 3.29. The lowest BCUT2D eigenvalue weighted by atomic mass is 9.88. The molecule has 0 saturated carbocycles. The minimum Gasteiger partial charge on any atom is -0.368 e. The molecule has 0 amide bonds. The molecule has 1 aromatic carbocycles. The van der Waals surface area contributed by atoms with Crippen molar-refractivity contribution in [2.45, 2.75) is 46.2 Å². The molecule has 0 bridgehead atoms. The summed E-state index contributed by atoms with van der Waals surface area (Å²) in [4.78, 5) is 16.0. The monoisotopic (exact) mass is 592 g/mol. The van der Waals surface area contributed by atoms with E-state index in [0.717, 1.165) is 16.5 Å². The van der Waals surface area contributed by atoms with E-state index in [1.807, 2.05) is 19.2 Å². The van der Waals surface area contributed by atoms with Crippen LogP contribution in [-0.4, -0.2) is 57.7 Å². The molecule has 3 aromatic heterocycles. The van der Waals surface area contributed by atoms with Gasteiger partial charge in [0.1, 0.15) is 21.5 Å². The minimum atomic E-state index is -3.03. The third-order valence-electron chi connectivity index (χ3n) is 7.52. The summed E-state index contributed by atoms with van der Waals surface area (Å²) >= 11 is 6.38. The fraction of sp³-hybridized carbons (Fsp3) is 0.414. The predicted molar refractivity (Wildman–Crippen MR) is 162 cm³/mol. The lowest BCUT2D eigenvalue weighted by Gasteiger charge is -2.48. The largest absolute Gasteiger partial charge is 0.368 e. The zero-order valence-corrected chi connectivity index (χ0v) is 25.3. The van der Waals surface area contributed by atoms with Crippen LogP contribution in [0, 0.1) is 23.2 Å². The van der Waals surface area contributed by atoms with Crippen LogP contribution in [0.4, 0.5) is 17.3 Å². The Morgan fingerprint density at radius 2 is 1.95 bits per heavy atom. The molecule has 1 aliphatic rings. The molecule has 1 saturated heterocycles. The van der Waals surface area contributed by atoms with Crippen LogP contribution in [0.2, 0.25) is 5.15 Å². The minimum absolute atomic E-state index is 0.112. The number of benzene rings is 1. The lowest BCUT2D eigenvalue weighted by molar-refractivity contribution is 0.342. The molecular formula is C29H33ClN8O2S. The fourth-order valence-corrected chi connectivity index (χ4v) is 6.70. The number of anilines is 3. The second kappa shape index (κ2) is 11.3. The molecule has 1 fully saturated rings. The number of hydrogen-bond donors (Lipinski definition) is 1. The number of aromatic nitrogens is 5. The first-order valence-corrected chi connectivity index (χ1v) is 16.0. The maximum Gasteiger partial charge on any atom is 0.166 e. The Hall–Kier alpha value is -3.75. The second-order valence-electron chi connectivity index (χ2n) is 11.2. The number of halogens is 1. The van der Waals surface area contributed by atoms with E-state index >= 15 is 0 Å². The highest BCUT2D eigenvalue weighted by Crippen LogP contribution is 2.39. The predicted octanol–water partition coefficient (Wildman–Crippen LogP) is 5.44. The molecule has 0 radical (unpaired) electrons. The average molecular weight is 593 g/mol.